The van der Waals surface area contributed by atoms with Gasteiger partial charge in [0.15, 0.2) is 0 Å². The van der Waals surface area contributed by atoms with Crippen LogP contribution in [0.1, 0.15) is 38.2 Å². The lowest BCUT2D eigenvalue weighted by Crippen LogP contribution is -2.36. The van der Waals surface area contributed by atoms with Gasteiger partial charge < -0.3 is 9.47 Å². The number of ether oxygens (including phenoxy) is 2. The Balaban J connectivity index is 1.95. The van der Waals surface area contributed by atoms with Crippen LogP contribution in [-0.4, -0.2) is 23.7 Å². The summed E-state index contributed by atoms with van der Waals surface area (Å²) < 4.78 is 11.2. The van der Waals surface area contributed by atoms with E-state index in [2.05, 4.69) is 0 Å². The lowest BCUT2D eigenvalue weighted by Gasteiger charge is -2.37. The molecule has 2 heterocycles. The second kappa shape index (κ2) is 8.93. The van der Waals surface area contributed by atoms with Gasteiger partial charge in [0.05, 0.1) is 24.2 Å². The van der Waals surface area contributed by atoms with Crippen molar-refractivity contribution in [1.29, 1.82) is 0 Å². The van der Waals surface area contributed by atoms with Crippen molar-refractivity contribution in [2.75, 3.05) is 7.11 Å². The van der Waals surface area contributed by atoms with E-state index < -0.39 is 5.60 Å². The molecule has 2 aromatic carbocycles. The van der Waals surface area contributed by atoms with Gasteiger partial charge >= 0.3 is 5.97 Å². The molecule has 0 saturated heterocycles. The number of hydrogen-bond acceptors (Lipinski definition) is 4. The standard InChI is InChI=1S/C25H22Cl3NO3/c1-25(2)13-15(10-22(30)31-3)20-12-19(14-4-6-16(26)7-5-14)23(29-24(20)32-25)18-9-8-17(27)11-21(18)28/h4-9,11-12,15H,10,13H2,1-3H3. The number of nitrogens with zero attached hydrogens (tertiary/aromatic N) is 1. The fourth-order valence-corrected chi connectivity index (χ4v) is 4.72. The molecule has 7 heteroatoms. The van der Waals surface area contributed by atoms with Crippen LogP contribution in [-0.2, 0) is 9.53 Å². The Morgan fingerprint density at radius 3 is 2.41 bits per heavy atom. The van der Waals surface area contributed by atoms with Gasteiger partial charge in [-0.2, -0.15) is 0 Å². The first-order chi connectivity index (χ1) is 15.2. The molecule has 4 nitrogen and oxygen atoms in total. The molecule has 0 saturated carbocycles. The van der Waals surface area contributed by atoms with Crippen LogP contribution >= 0.6 is 34.8 Å². The Bertz CT molecular complexity index is 1180. The molecule has 1 aliphatic heterocycles. The highest BCUT2D eigenvalue weighted by Gasteiger charge is 2.37. The second-order valence-corrected chi connectivity index (χ2v) is 9.73. The Labute approximate surface area is 202 Å². The number of hydrogen-bond donors (Lipinski definition) is 0. The van der Waals surface area contributed by atoms with E-state index in [-0.39, 0.29) is 18.3 Å². The zero-order valence-corrected chi connectivity index (χ0v) is 20.2. The van der Waals surface area contributed by atoms with Crippen molar-refractivity contribution < 1.29 is 14.3 Å². The Morgan fingerprint density at radius 1 is 1.06 bits per heavy atom. The summed E-state index contributed by atoms with van der Waals surface area (Å²) in [6.07, 6.45) is 0.914. The first-order valence-corrected chi connectivity index (χ1v) is 11.3. The number of pyridine rings is 1. The van der Waals surface area contributed by atoms with Crippen molar-refractivity contribution in [2.24, 2.45) is 0 Å². The topological polar surface area (TPSA) is 48.4 Å². The van der Waals surface area contributed by atoms with Gasteiger partial charge in [-0.1, -0.05) is 46.9 Å². The lowest BCUT2D eigenvalue weighted by atomic mass is 9.82. The Morgan fingerprint density at radius 2 is 1.75 bits per heavy atom. The molecule has 1 aliphatic rings. The fraction of sp³-hybridized carbons (Fsp3) is 0.280. The fourth-order valence-electron chi connectivity index (χ4n) is 4.10. The van der Waals surface area contributed by atoms with Gasteiger partial charge in [-0.3, -0.25) is 4.79 Å². The molecule has 166 valence electrons. The zero-order valence-electron chi connectivity index (χ0n) is 17.9. The predicted molar refractivity (Wildman–Crippen MR) is 129 cm³/mol. The number of aromatic nitrogens is 1. The second-order valence-electron chi connectivity index (χ2n) is 8.45. The number of methoxy groups -OCH3 is 1. The van der Waals surface area contributed by atoms with Crippen LogP contribution in [0, 0.1) is 0 Å². The van der Waals surface area contributed by atoms with Gasteiger partial charge in [-0.05, 0) is 62.2 Å². The van der Waals surface area contributed by atoms with Gasteiger partial charge in [0.2, 0.25) is 5.88 Å². The van der Waals surface area contributed by atoms with E-state index in [1.54, 1.807) is 12.1 Å². The molecular formula is C25H22Cl3NO3. The summed E-state index contributed by atoms with van der Waals surface area (Å²) in [7, 11) is 1.40. The van der Waals surface area contributed by atoms with Gasteiger partial charge in [-0.25, -0.2) is 4.98 Å². The summed E-state index contributed by atoms with van der Waals surface area (Å²) in [5, 5.41) is 1.67. The molecule has 3 aromatic rings. The molecule has 4 rings (SSSR count). The van der Waals surface area contributed by atoms with Crippen LogP contribution in [0.25, 0.3) is 22.4 Å². The average molecular weight is 491 g/mol. The first-order valence-electron chi connectivity index (χ1n) is 10.2. The van der Waals surface area contributed by atoms with Gasteiger partial charge in [0, 0.05) is 32.7 Å². The summed E-state index contributed by atoms with van der Waals surface area (Å²) in [6.45, 7) is 3.98. The summed E-state index contributed by atoms with van der Waals surface area (Å²) in [6, 6.07) is 14.9. The van der Waals surface area contributed by atoms with Crippen molar-refractivity contribution in [2.45, 2.75) is 38.2 Å². The number of carbonyl (C=O) groups excluding carboxylic acids is 1. The third-order valence-electron chi connectivity index (χ3n) is 5.55. The van der Waals surface area contributed by atoms with Crippen molar-refractivity contribution in [3.63, 3.8) is 0 Å². The molecule has 1 aromatic heterocycles. The highest BCUT2D eigenvalue weighted by Crippen LogP contribution is 2.46. The van der Waals surface area contributed by atoms with Crippen LogP contribution in [0.5, 0.6) is 5.88 Å². The van der Waals surface area contributed by atoms with Crippen molar-refractivity contribution >= 4 is 40.8 Å². The monoisotopic (exact) mass is 489 g/mol. The van der Waals surface area contributed by atoms with Crippen LogP contribution in [0.15, 0.2) is 48.5 Å². The minimum Gasteiger partial charge on any atom is -0.471 e. The molecule has 0 aliphatic carbocycles. The lowest BCUT2D eigenvalue weighted by molar-refractivity contribution is -0.141. The molecule has 0 spiro atoms. The number of fused-ring (bicyclic) bond motifs is 1. The molecule has 1 unspecified atom stereocenters. The van der Waals surface area contributed by atoms with E-state index in [0.29, 0.717) is 33.1 Å². The summed E-state index contributed by atoms with van der Waals surface area (Å²) in [5.41, 5.74) is 3.58. The van der Waals surface area contributed by atoms with E-state index in [4.69, 9.17) is 49.3 Å². The maximum atomic E-state index is 12.1. The minimum atomic E-state index is -0.485. The average Bonchev–Trinajstić information content (AvgIpc) is 2.73. The van der Waals surface area contributed by atoms with Gasteiger partial charge in [-0.15, -0.1) is 0 Å². The van der Waals surface area contributed by atoms with Gasteiger partial charge in [0.25, 0.3) is 0 Å². The number of halogens is 3. The molecule has 1 atom stereocenters. The Kier molecular flexibility index (Phi) is 6.39. The molecule has 0 amide bonds. The molecule has 0 radical (unpaired) electrons. The maximum Gasteiger partial charge on any atom is 0.306 e. The SMILES string of the molecule is COC(=O)CC1CC(C)(C)Oc2nc(-c3ccc(Cl)cc3Cl)c(-c3ccc(Cl)cc3)cc21. The van der Waals surface area contributed by atoms with E-state index in [9.17, 15) is 4.79 Å². The van der Waals surface area contributed by atoms with Crippen molar-refractivity contribution in [3.8, 4) is 28.3 Å². The summed E-state index contributed by atoms with van der Waals surface area (Å²) in [5.74, 6) is 0.139. The minimum absolute atomic E-state index is 0.0884. The molecular weight excluding hydrogens is 469 g/mol. The molecule has 0 N–H and O–H groups in total. The highest BCUT2D eigenvalue weighted by atomic mass is 35.5. The summed E-state index contributed by atoms with van der Waals surface area (Å²) in [4.78, 5) is 17.0. The first kappa shape index (κ1) is 22.9. The highest BCUT2D eigenvalue weighted by molar-refractivity contribution is 6.36. The van der Waals surface area contributed by atoms with Crippen molar-refractivity contribution in [1.82, 2.24) is 4.98 Å². The Hall–Kier alpha value is -2.27. The molecule has 0 fully saturated rings. The number of carbonyl (C=O) groups is 1. The van der Waals surface area contributed by atoms with Crippen LogP contribution in [0.4, 0.5) is 0 Å². The van der Waals surface area contributed by atoms with Crippen LogP contribution < -0.4 is 4.74 Å². The quantitative estimate of drug-likeness (QED) is 0.354. The normalized spacial score (nSPS) is 16.8. The predicted octanol–water partition coefficient (Wildman–Crippen LogP) is 7.58. The maximum absolute atomic E-state index is 12.1. The zero-order chi connectivity index (χ0) is 23.0. The van der Waals surface area contributed by atoms with E-state index in [1.807, 2.05) is 50.2 Å². The van der Waals surface area contributed by atoms with Gasteiger partial charge in [0.1, 0.15) is 5.60 Å². The summed E-state index contributed by atoms with van der Waals surface area (Å²) >= 11 is 18.8. The van der Waals surface area contributed by atoms with E-state index >= 15 is 0 Å². The largest absolute Gasteiger partial charge is 0.471 e. The van der Waals surface area contributed by atoms with Crippen LogP contribution in [0.3, 0.4) is 0 Å². The smallest absolute Gasteiger partial charge is 0.306 e. The number of rotatable bonds is 4. The third-order valence-corrected chi connectivity index (χ3v) is 6.35. The third kappa shape index (κ3) is 4.73. The van der Waals surface area contributed by atoms with E-state index in [1.165, 1.54) is 7.11 Å². The van der Waals surface area contributed by atoms with Crippen molar-refractivity contribution in [3.05, 3.63) is 69.2 Å². The van der Waals surface area contributed by atoms with Crippen LogP contribution in [0.2, 0.25) is 15.1 Å². The number of benzene rings is 2. The van der Waals surface area contributed by atoms with E-state index in [0.717, 1.165) is 22.3 Å². The molecule has 32 heavy (non-hydrogen) atoms. The number of esters is 1. The molecule has 0 bridgehead atoms.